The Kier molecular flexibility index (Phi) is 3.64. The van der Waals surface area contributed by atoms with Gasteiger partial charge in [-0.15, -0.1) is 11.3 Å². The van der Waals surface area contributed by atoms with Crippen LogP contribution in [0, 0.1) is 0 Å². The zero-order chi connectivity index (χ0) is 13.9. The summed E-state index contributed by atoms with van der Waals surface area (Å²) in [6, 6.07) is 4.02. The van der Waals surface area contributed by atoms with Crippen LogP contribution in [-0.4, -0.2) is 19.5 Å². The standard InChI is InChI=1S/C14H16N4OS/c1-2-3-4-7-18-12(10-6-5-8-20-10)17-11-13(18)15-9-16-14(11)19/h5-6,8-9H,2-4,7H2,1H3,(H,15,16,19). The van der Waals surface area contributed by atoms with Crippen LogP contribution in [-0.2, 0) is 6.54 Å². The van der Waals surface area contributed by atoms with Gasteiger partial charge in [0.2, 0.25) is 0 Å². The molecule has 0 aliphatic rings. The van der Waals surface area contributed by atoms with Gasteiger partial charge in [-0.2, -0.15) is 0 Å². The summed E-state index contributed by atoms with van der Waals surface area (Å²) in [5.74, 6) is 0.843. The van der Waals surface area contributed by atoms with Gasteiger partial charge in [0.15, 0.2) is 17.0 Å². The third-order valence-corrected chi connectivity index (χ3v) is 4.13. The Balaban J connectivity index is 2.14. The number of hydrogen-bond donors (Lipinski definition) is 1. The van der Waals surface area contributed by atoms with Crippen molar-refractivity contribution >= 4 is 22.5 Å². The van der Waals surface area contributed by atoms with E-state index in [4.69, 9.17) is 0 Å². The Bertz CT molecular complexity index is 757. The molecule has 0 atom stereocenters. The summed E-state index contributed by atoms with van der Waals surface area (Å²) in [6.45, 7) is 3.02. The lowest BCUT2D eigenvalue weighted by Crippen LogP contribution is -2.07. The minimum atomic E-state index is -0.179. The highest BCUT2D eigenvalue weighted by Gasteiger charge is 2.16. The van der Waals surface area contributed by atoms with E-state index in [1.807, 2.05) is 17.5 Å². The van der Waals surface area contributed by atoms with Gasteiger partial charge in [-0.25, -0.2) is 9.97 Å². The van der Waals surface area contributed by atoms with Crippen molar-refractivity contribution in [2.45, 2.75) is 32.7 Å². The van der Waals surface area contributed by atoms with Crippen LogP contribution in [0.25, 0.3) is 21.9 Å². The van der Waals surface area contributed by atoms with Crippen molar-refractivity contribution in [1.29, 1.82) is 0 Å². The summed E-state index contributed by atoms with van der Waals surface area (Å²) < 4.78 is 2.06. The van der Waals surface area contributed by atoms with Gasteiger partial charge < -0.3 is 9.55 Å². The molecular formula is C14H16N4OS. The molecule has 0 aromatic carbocycles. The molecule has 5 nitrogen and oxygen atoms in total. The van der Waals surface area contributed by atoms with Crippen molar-refractivity contribution in [1.82, 2.24) is 19.5 Å². The van der Waals surface area contributed by atoms with E-state index in [1.165, 1.54) is 6.33 Å². The molecule has 104 valence electrons. The van der Waals surface area contributed by atoms with E-state index >= 15 is 0 Å². The highest BCUT2D eigenvalue weighted by atomic mass is 32.1. The van der Waals surface area contributed by atoms with Crippen LogP contribution in [0.2, 0.25) is 0 Å². The second-order valence-electron chi connectivity index (χ2n) is 4.68. The van der Waals surface area contributed by atoms with E-state index in [9.17, 15) is 4.79 Å². The molecule has 0 saturated carbocycles. The van der Waals surface area contributed by atoms with Crippen LogP contribution in [0.4, 0.5) is 0 Å². The van der Waals surface area contributed by atoms with Crippen LogP contribution < -0.4 is 5.56 Å². The molecule has 0 amide bonds. The number of nitrogens with zero attached hydrogens (tertiary/aromatic N) is 3. The second kappa shape index (κ2) is 5.58. The first-order valence-electron chi connectivity index (χ1n) is 6.79. The highest BCUT2D eigenvalue weighted by molar-refractivity contribution is 7.13. The second-order valence-corrected chi connectivity index (χ2v) is 5.62. The maximum absolute atomic E-state index is 11.9. The molecular weight excluding hydrogens is 272 g/mol. The Morgan fingerprint density at radius 3 is 3.05 bits per heavy atom. The number of fused-ring (bicyclic) bond motifs is 1. The van der Waals surface area contributed by atoms with Gasteiger partial charge in [0.25, 0.3) is 5.56 Å². The summed E-state index contributed by atoms with van der Waals surface area (Å²) in [6.07, 6.45) is 4.83. The topological polar surface area (TPSA) is 63.6 Å². The van der Waals surface area contributed by atoms with Gasteiger partial charge in [-0.05, 0) is 17.9 Å². The van der Waals surface area contributed by atoms with E-state index in [0.29, 0.717) is 11.2 Å². The Morgan fingerprint density at radius 2 is 2.30 bits per heavy atom. The van der Waals surface area contributed by atoms with Crippen molar-refractivity contribution in [3.05, 3.63) is 34.2 Å². The van der Waals surface area contributed by atoms with Crippen LogP contribution in [0.15, 0.2) is 28.6 Å². The van der Waals surface area contributed by atoms with Crippen LogP contribution >= 0.6 is 11.3 Å². The van der Waals surface area contributed by atoms with E-state index in [-0.39, 0.29) is 5.56 Å². The predicted octanol–water partition coefficient (Wildman–Crippen LogP) is 3.04. The molecule has 1 N–H and O–H groups in total. The van der Waals surface area contributed by atoms with Crippen LogP contribution in [0.5, 0.6) is 0 Å². The van der Waals surface area contributed by atoms with Gasteiger partial charge in [-0.1, -0.05) is 25.8 Å². The summed E-state index contributed by atoms with van der Waals surface area (Å²) in [5, 5.41) is 2.02. The molecule has 0 aliphatic heterocycles. The Morgan fingerprint density at radius 1 is 1.40 bits per heavy atom. The van der Waals surface area contributed by atoms with Crippen LogP contribution in [0.3, 0.4) is 0 Å². The van der Waals surface area contributed by atoms with Crippen molar-refractivity contribution < 1.29 is 0 Å². The maximum atomic E-state index is 11.9. The summed E-state index contributed by atoms with van der Waals surface area (Å²) in [5.41, 5.74) is 0.919. The number of unbranched alkanes of at least 4 members (excludes halogenated alkanes) is 2. The molecule has 3 heterocycles. The lowest BCUT2D eigenvalue weighted by molar-refractivity contribution is 0.614. The zero-order valence-electron chi connectivity index (χ0n) is 11.3. The van der Waals surface area contributed by atoms with E-state index < -0.39 is 0 Å². The first kappa shape index (κ1) is 13.1. The number of rotatable bonds is 5. The molecule has 0 spiro atoms. The predicted molar refractivity (Wildman–Crippen MR) is 81.0 cm³/mol. The van der Waals surface area contributed by atoms with Crippen LogP contribution in [0.1, 0.15) is 26.2 Å². The average molecular weight is 288 g/mol. The lowest BCUT2D eigenvalue weighted by Gasteiger charge is -2.06. The molecule has 3 rings (SSSR count). The number of thiophene rings is 1. The minimum absolute atomic E-state index is 0.179. The molecule has 6 heteroatoms. The molecule has 0 fully saturated rings. The molecule has 0 unspecified atom stereocenters. The van der Waals surface area contributed by atoms with E-state index in [2.05, 4.69) is 26.4 Å². The monoisotopic (exact) mass is 288 g/mol. The highest BCUT2D eigenvalue weighted by Crippen LogP contribution is 2.26. The minimum Gasteiger partial charge on any atom is -0.311 e. The number of aromatic nitrogens is 4. The lowest BCUT2D eigenvalue weighted by atomic mass is 10.2. The molecule has 3 aromatic heterocycles. The molecule has 0 aliphatic carbocycles. The molecule has 20 heavy (non-hydrogen) atoms. The van der Waals surface area contributed by atoms with Gasteiger partial charge in [0.05, 0.1) is 11.2 Å². The zero-order valence-corrected chi connectivity index (χ0v) is 12.1. The normalized spacial score (nSPS) is 11.2. The van der Waals surface area contributed by atoms with Crippen molar-refractivity contribution in [3.63, 3.8) is 0 Å². The Labute approximate surface area is 120 Å². The number of hydrogen-bond acceptors (Lipinski definition) is 4. The van der Waals surface area contributed by atoms with Gasteiger partial charge in [0.1, 0.15) is 0 Å². The van der Waals surface area contributed by atoms with Gasteiger partial charge in [-0.3, -0.25) is 4.79 Å². The molecule has 0 radical (unpaired) electrons. The van der Waals surface area contributed by atoms with E-state index in [1.54, 1.807) is 11.3 Å². The number of nitrogens with one attached hydrogen (secondary N) is 1. The number of aryl methyl sites for hydroxylation is 1. The average Bonchev–Trinajstić information content (AvgIpc) is 3.07. The SMILES string of the molecule is CCCCCn1c(-c2cccs2)nc2c(=O)[nH]cnc21. The summed E-state index contributed by atoms with van der Waals surface area (Å²) in [7, 11) is 0. The third-order valence-electron chi connectivity index (χ3n) is 3.27. The number of imidazole rings is 1. The third kappa shape index (κ3) is 2.27. The van der Waals surface area contributed by atoms with Gasteiger partial charge in [0, 0.05) is 6.54 Å². The smallest absolute Gasteiger partial charge is 0.278 e. The number of H-pyrrole nitrogens is 1. The first-order chi connectivity index (χ1) is 9.81. The van der Waals surface area contributed by atoms with Crippen molar-refractivity contribution in [3.8, 4) is 10.7 Å². The summed E-state index contributed by atoms with van der Waals surface area (Å²) in [4.78, 5) is 24.3. The quantitative estimate of drug-likeness (QED) is 0.734. The molecule has 0 saturated heterocycles. The fourth-order valence-corrected chi connectivity index (χ4v) is 3.00. The first-order valence-corrected chi connectivity index (χ1v) is 7.67. The van der Waals surface area contributed by atoms with Gasteiger partial charge >= 0.3 is 0 Å². The largest absolute Gasteiger partial charge is 0.311 e. The van der Waals surface area contributed by atoms with Crippen molar-refractivity contribution in [2.75, 3.05) is 0 Å². The molecule has 3 aromatic rings. The fourth-order valence-electron chi connectivity index (χ4n) is 2.27. The molecule has 0 bridgehead atoms. The fraction of sp³-hybridized carbons (Fsp3) is 0.357. The Hall–Kier alpha value is -1.95. The summed E-state index contributed by atoms with van der Waals surface area (Å²) >= 11 is 1.63. The van der Waals surface area contributed by atoms with E-state index in [0.717, 1.165) is 36.5 Å². The maximum Gasteiger partial charge on any atom is 0.278 e. The van der Waals surface area contributed by atoms with Crippen molar-refractivity contribution in [2.24, 2.45) is 0 Å². The number of aromatic amines is 1.